The van der Waals surface area contributed by atoms with Gasteiger partial charge in [-0.1, -0.05) is 19.3 Å². The number of hydrogen-bond acceptors (Lipinski definition) is 5. The number of hydrogen-bond donors (Lipinski definition) is 1. The SMILES string of the molecule is CN1CCN(c2ccc(S(=O)(=O)N(Cc3cnc[nH]3)CC3CCCCC3)cc2)CC1. The van der Waals surface area contributed by atoms with Gasteiger partial charge in [0.2, 0.25) is 10.0 Å². The van der Waals surface area contributed by atoms with E-state index in [-0.39, 0.29) is 0 Å². The predicted molar refractivity (Wildman–Crippen MR) is 119 cm³/mol. The lowest BCUT2D eigenvalue weighted by Gasteiger charge is -2.34. The van der Waals surface area contributed by atoms with Crippen LogP contribution in [0, 0.1) is 5.92 Å². The van der Waals surface area contributed by atoms with Crippen LogP contribution in [0.3, 0.4) is 0 Å². The lowest BCUT2D eigenvalue weighted by molar-refractivity contribution is 0.274. The van der Waals surface area contributed by atoms with Gasteiger partial charge in [0, 0.05) is 50.3 Å². The zero-order valence-corrected chi connectivity index (χ0v) is 18.6. The maximum atomic E-state index is 13.5. The van der Waals surface area contributed by atoms with Crippen molar-refractivity contribution < 1.29 is 8.42 Å². The van der Waals surface area contributed by atoms with Crippen LogP contribution in [0.25, 0.3) is 0 Å². The Bertz CT molecular complexity index is 884. The average Bonchev–Trinajstić information content (AvgIpc) is 3.28. The van der Waals surface area contributed by atoms with Gasteiger partial charge in [-0.25, -0.2) is 13.4 Å². The predicted octanol–water partition coefficient (Wildman–Crippen LogP) is 2.93. The zero-order chi connectivity index (χ0) is 21.0. The number of sulfonamides is 1. The first kappa shape index (κ1) is 21.3. The fraction of sp³-hybridized carbons (Fsp3) is 0.591. The number of benzene rings is 1. The standard InChI is InChI=1S/C22H33N5O2S/c1-25-11-13-26(14-12-25)21-7-9-22(10-8-21)30(28,29)27(17-20-15-23-18-24-20)16-19-5-3-2-4-6-19/h7-10,15,18-19H,2-6,11-14,16-17H2,1H3,(H,23,24). The van der Waals surface area contributed by atoms with Crippen LogP contribution < -0.4 is 4.90 Å². The minimum atomic E-state index is -3.57. The molecule has 1 saturated heterocycles. The number of aromatic amines is 1. The second-order valence-electron chi connectivity index (χ2n) is 8.66. The summed E-state index contributed by atoms with van der Waals surface area (Å²) in [6.07, 6.45) is 9.18. The van der Waals surface area contributed by atoms with Crippen molar-refractivity contribution in [1.82, 2.24) is 19.2 Å². The Hall–Kier alpha value is -1.90. The molecule has 0 spiro atoms. The molecule has 1 aliphatic carbocycles. The van der Waals surface area contributed by atoms with E-state index in [0.29, 0.717) is 23.9 Å². The number of piperazine rings is 1. The fourth-order valence-electron chi connectivity index (χ4n) is 4.51. The van der Waals surface area contributed by atoms with E-state index >= 15 is 0 Å². The third-order valence-corrected chi connectivity index (χ3v) is 8.26. The molecule has 2 heterocycles. The third kappa shape index (κ3) is 5.04. The number of likely N-dealkylation sites (N-methyl/N-ethyl adjacent to an activating group) is 1. The van der Waals surface area contributed by atoms with E-state index in [1.807, 2.05) is 12.1 Å². The van der Waals surface area contributed by atoms with Gasteiger partial charge in [0.05, 0.1) is 17.8 Å². The summed E-state index contributed by atoms with van der Waals surface area (Å²) in [6.45, 7) is 4.89. The first-order valence-corrected chi connectivity index (χ1v) is 12.5. The molecule has 0 bridgehead atoms. The van der Waals surface area contributed by atoms with Crippen molar-refractivity contribution in [2.75, 3.05) is 44.7 Å². The largest absolute Gasteiger partial charge is 0.369 e. The van der Waals surface area contributed by atoms with E-state index in [1.54, 1.807) is 29.0 Å². The molecule has 1 N–H and O–H groups in total. The summed E-state index contributed by atoms with van der Waals surface area (Å²) in [5, 5.41) is 0. The van der Waals surface area contributed by atoms with Crippen LogP contribution in [0.15, 0.2) is 41.7 Å². The fourth-order valence-corrected chi connectivity index (χ4v) is 6.00. The van der Waals surface area contributed by atoms with Gasteiger partial charge in [-0.15, -0.1) is 0 Å². The summed E-state index contributed by atoms with van der Waals surface area (Å²) in [6, 6.07) is 7.44. The van der Waals surface area contributed by atoms with Crippen molar-refractivity contribution in [3.05, 3.63) is 42.5 Å². The van der Waals surface area contributed by atoms with Crippen LogP contribution in [-0.2, 0) is 16.6 Å². The topological polar surface area (TPSA) is 72.5 Å². The summed E-state index contributed by atoms with van der Waals surface area (Å²) >= 11 is 0. The molecular weight excluding hydrogens is 398 g/mol. The number of nitrogens with zero attached hydrogens (tertiary/aromatic N) is 4. The number of imidazole rings is 1. The Morgan fingerprint density at radius 2 is 1.77 bits per heavy atom. The molecule has 4 rings (SSSR count). The van der Waals surface area contributed by atoms with Gasteiger partial charge in [0.1, 0.15) is 0 Å². The Kier molecular flexibility index (Phi) is 6.75. The molecule has 1 saturated carbocycles. The van der Waals surface area contributed by atoms with Crippen molar-refractivity contribution in [1.29, 1.82) is 0 Å². The van der Waals surface area contributed by atoms with Crippen molar-refractivity contribution in [3.8, 4) is 0 Å². The third-order valence-electron chi connectivity index (χ3n) is 6.43. The Labute approximate surface area is 180 Å². The van der Waals surface area contributed by atoms with Crippen molar-refractivity contribution >= 4 is 15.7 Å². The maximum absolute atomic E-state index is 13.5. The van der Waals surface area contributed by atoms with Gasteiger partial charge in [-0.3, -0.25) is 0 Å². The van der Waals surface area contributed by atoms with Crippen LogP contribution >= 0.6 is 0 Å². The van der Waals surface area contributed by atoms with E-state index in [4.69, 9.17) is 0 Å². The van der Waals surface area contributed by atoms with E-state index in [9.17, 15) is 8.42 Å². The second-order valence-corrected chi connectivity index (χ2v) is 10.6. The molecule has 1 aromatic heterocycles. The quantitative estimate of drug-likeness (QED) is 0.730. The molecule has 0 unspecified atom stereocenters. The van der Waals surface area contributed by atoms with Gasteiger partial charge in [0.15, 0.2) is 0 Å². The van der Waals surface area contributed by atoms with Gasteiger partial charge in [0.25, 0.3) is 0 Å². The molecule has 8 heteroatoms. The van der Waals surface area contributed by atoms with E-state index in [0.717, 1.165) is 50.4 Å². The highest BCUT2D eigenvalue weighted by Crippen LogP contribution is 2.28. The molecule has 164 valence electrons. The first-order valence-electron chi connectivity index (χ1n) is 11.0. The van der Waals surface area contributed by atoms with Crippen LogP contribution in [0.5, 0.6) is 0 Å². The highest BCUT2D eigenvalue weighted by atomic mass is 32.2. The van der Waals surface area contributed by atoms with Crippen LogP contribution in [0.1, 0.15) is 37.8 Å². The summed E-state index contributed by atoms with van der Waals surface area (Å²) in [7, 11) is -1.44. The van der Waals surface area contributed by atoms with E-state index in [1.165, 1.54) is 19.3 Å². The van der Waals surface area contributed by atoms with Gasteiger partial charge in [-0.05, 0) is 50.1 Å². The van der Waals surface area contributed by atoms with Gasteiger partial charge < -0.3 is 14.8 Å². The average molecular weight is 432 g/mol. The van der Waals surface area contributed by atoms with Crippen LogP contribution in [0.4, 0.5) is 5.69 Å². The minimum Gasteiger partial charge on any atom is -0.369 e. The molecule has 2 aromatic rings. The van der Waals surface area contributed by atoms with E-state index in [2.05, 4.69) is 26.8 Å². The second kappa shape index (κ2) is 9.49. The minimum absolute atomic E-state index is 0.332. The Morgan fingerprint density at radius 3 is 2.40 bits per heavy atom. The molecule has 2 aliphatic rings. The lowest BCUT2D eigenvalue weighted by Crippen LogP contribution is -2.44. The monoisotopic (exact) mass is 431 g/mol. The van der Waals surface area contributed by atoms with Gasteiger partial charge in [-0.2, -0.15) is 4.31 Å². The molecule has 1 aromatic carbocycles. The van der Waals surface area contributed by atoms with E-state index < -0.39 is 10.0 Å². The number of nitrogens with one attached hydrogen (secondary N) is 1. The zero-order valence-electron chi connectivity index (χ0n) is 17.8. The van der Waals surface area contributed by atoms with Gasteiger partial charge >= 0.3 is 0 Å². The normalized spacial score (nSPS) is 19.5. The molecule has 0 radical (unpaired) electrons. The van der Waals surface area contributed by atoms with Crippen LogP contribution in [-0.4, -0.2) is 67.4 Å². The molecular formula is C22H33N5O2S. The van der Waals surface area contributed by atoms with Crippen LogP contribution in [0.2, 0.25) is 0 Å². The smallest absolute Gasteiger partial charge is 0.243 e. The number of anilines is 1. The maximum Gasteiger partial charge on any atom is 0.243 e. The number of H-pyrrole nitrogens is 1. The van der Waals surface area contributed by atoms with Crippen molar-refractivity contribution in [3.63, 3.8) is 0 Å². The van der Waals surface area contributed by atoms with Crippen molar-refractivity contribution in [2.45, 2.75) is 43.5 Å². The molecule has 0 amide bonds. The number of rotatable bonds is 7. The summed E-state index contributed by atoms with van der Waals surface area (Å²) in [4.78, 5) is 12.1. The molecule has 0 atom stereocenters. The summed E-state index contributed by atoms with van der Waals surface area (Å²) < 4.78 is 28.7. The molecule has 2 fully saturated rings. The summed E-state index contributed by atoms with van der Waals surface area (Å²) in [5.41, 5.74) is 1.91. The molecule has 30 heavy (non-hydrogen) atoms. The lowest BCUT2D eigenvalue weighted by atomic mass is 9.89. The highest BCUT2D eigenvalue weighted by molar-refractivity contribution is 7.89. The Balaban J connectivity index is 1.52. The number of aromatic nitrogens is 2. The highest BCUT2D eigenvalue weighted by Gasteiger charge is 2.29. The Morgan fingerprint density at radius 1 is 1.07 bits per heavy atom. The summed E-state index contributed by atoms with van der Waals surface area (Å²) in [5.74, 6) is 0.432. The van der Waals surface area contributed by atoms with Crippen molar-refractivity contribution in [2.24, 2.45) is 5.92 Å². The first-order chi connectivity index (χ1) is 14.5. The molecule has 1 aliphatic heterocycles. The molecule has 7 nitrogen and oxygen atoms in total.